The van der Waals surface area contributed by atoms with Crippen LogP contribution in [0.15, 0.2) is 42.0 Å². The molecule has 1 N–H and O–H groups in total. The van der Waals surface area contributed by atoms with Gasteiger partial charge < -0.3 is 5.32 Å². The third-order valence-electron chi connectivity index (χ3n) is 3.30. The molecule has 0 heterocycles. The Morgan fingerprint density at radius 2 is 1.68 bits per heavy atom. The van der Waals surface area contributed by atoms with Gasteiger partial charge in [-0.3, -0.25) is 0 Å². The number of halogens is 1. The van der Waals surface area contributed by atoms with E-state index in [1.165, 1.54) is 0 Å². The lowest BCUT2D eigenvalue weighted by Crippen LogP contribution is -1.97. The summed E-state index contributed by atoms with van der Waals surface area (Å²) < 4.78 is 0. The van der Waals surface area contributed by atoms with E-state index in [0.717, 1.165) is 28.1 Å². The van der Waals surface area contributed by atoms with E-state index >= 15 is 0 Å². The van der Waals surface area contributed by atoms with Crippen LogP contribution in [0.4, 0.5) is 11.4 Å². The van der Waals surface area contributed by atoms with Crippen LogP contribution in [-0.2, 0) is 0 Å². The van der Waals surface area contributed by atoms with E-state index in [1.54, 1.807) is 6.08 Å². The molecule has 0 fully saturated rings. The van der Waals surface area contributed by atoms with Gasteiger partial charge in [0.2, 0.25) is 0 Å². The smallest absolute Gasteiger partial charge is 0.130 e. The highest BCUT2D eigenvalue weighted by atomic mass is 35.5. The number of benzene rings is 2. The highest BCUT2D eigenvalue weighted by Crippen LogP contribution is 2.33. The second-order valence-corrected chi connectivity index (χ2v) is 5.26. The van der Waals surface area contributed by atoms with Crippen LogP contribution in [0.1, 0.15) is 16.7 Å². The van der Waals surface area contributed by atoms with E-state index in [1.807, 2.05) is 62.4 Å². The molecule has 0 saturated heterocycles. The van der Waals surface area contributed by atoms with E-state index in [4.69, 9.17) is 22.1 Å². The second kappa shape index (κ2) is 6.80. The Bertz CT molecular complexity index is 807. The Hall–Kier alpha value is -2.75. The van der Waals surface area contributed by atoms with Gasteiger partial charge in [-0.25, -0.2) is 0 Å². The van der Waals surface area contributed by atoms with Crippen molar-refractivity contribution < 1.29 is 0 Å². The molecular formula is C18H14ClN3. The van der Waals surface area contributed by atoms with Gasteiger partial charge in [-0.2, -0.15) is 10.5 Å². The van der Waals surface area contributed by atoms with Gasteiger partial charge in [0.15, 0.2) is 0 Å². The third kappa shape index (κ3) is 3.28. The van der Waals surface area contributed by atoms with Gasteiger partial charge in [0.05, 0.1) is 10.7 Å². The maximum atomic E-state index is 8.91. The highest BCUT2D eigenvalue weighted by Gasteiger charge is 2.09. The zero-order valence-corrected chi connectivity index (χ0v) is 13.1. The average Bonchev–Trinajstić information content (AvgIpc) is 2.54. The van der Waals surface area contributed by atoms with Crippen LogP contribution in [0.3, 0.4) is 0 Å². The van der Waals surface area contributed by atoms with Crippen molar-refractivity contribution in [2.24, 2.45) is 0 Å². The Morgan fingerprint density at radius 3 is 2.36 bits per heavy atom. The highest BCUT2D eigenvalue weighted by molar-refractivity contribution is 6.34. The lowest BCUT2D eigenvalue weighted by atomic mass is 10.1. The molecule has 4 heteroatoms. The second-order valence-electron chi connectivity index (χ2n) is 4.88. The van der Waals surface area contributed by atoms with Gasteiger partial charge in [-0.15, -0.1) is 0 Å². The number of hydrogen-bond donors (Lipinski definition) is 1. The summed E-state index contributed by atoms with van der Waals surface area (Å²) in [5, 5.41) is 21.8. The van der Waals surface area contributed by atoms with Crippen LogP contribution in [0.25, 0.3) is 6.08 Å². The van der Waals surface area contributed by atoms with E-state index < -0.39 is 0 Å². The number of rotatable bonds is 3. The van der Waals surface area contributed by atoms with Crippen molar-refractivity contribution in [3.63, 3.8) is 0 Å². The molecule has 0 radical (unpaired) electrons. The van der Waals surface area contributed by atoms with Crippen molar-refractivity contribution in [1.29, 1.82) is 10.5 Å². The number of allylic oxidation sites excluding steroid dienone is 1. The SMILES string of the molecule is Cc1ccc(C)c(Nc2ccccc2C=C(C#N)C#N)c1Cl. The zero-order chi connectivity index (χ0) is 16.1. The van der Waals surface area contributed by atoms with Crippen LogP contribution >= 0.6 is 11.6 Å². The monoisotopic (exact) mass is 307 g/mol. The van der Waals surface area contributed by atoms with E-state index in [-0.39, 0.29) is 5.57 Å². The first-order valence-corrected chi connectivity index (χ1v) is 7.08. The lowest BCUT2D eigenvalue weighted by Gasteiger charge is -2.15. The molecular weight excluding hydrogens is 294 g/mol. The molecule has 0 saturated carbocycles. The van der Waals surface area contributed by atoms with Crippen molar-refractivity contribution in [1.82, 2.24) is 0 Å². The molecule has 0 atom stereocenters. The summed E-state index contributed by atoms with van der Waals surface area (Å²) in [6.07, 6.45) is 1.56. The number of para-hydroxylation sites is 1. The summed E-state index contributed by atoms with van der Waals surface area (Å²) in [4.78, 5) is 0. The van der Waals surface area contributed by atoms with Gasteiger partial charge in [0.25, 0.3) is 0 Å². The topological polar surface area (TPSA) is 59.6 Å². The molecule has 0 bridgehead atoms. The molecule has 2 rings (SSSR count). The Balaban J connectivity index is 2.49. The van der Waals surface area contributed by atoms with Gasteiger partial charge in [0, 0.05) is 5.69 Å². The van der Waals surface area contributed by atoms with Crippen LogP contribution in [0, 0.1) is 36.5 Å². The van der Waals surface area contributed by atoms with Crippen LogP contribution in [0.2, 0.25) is 5.02 Å². The van der Waals surface area contributed by atoms with Crippen molar-refractivity contribution in [2.45, 2.75) is 13.8 Å². The average molecular weight is 308 g/mol. The van der Waals surface area contributed by atoms with Gasteiger partial charge in [0.1, 0.15) is 17.7 Å². The van der Waals surface area contributed by atoms with Crippen molar-refractivity contribution in [3.05, 3.63) is 63.7 Å². The predicted molar refractivity (Wildman–Crippen MR) is 89.9 cm³/mol. The predicted octanol–water partition coefficient (Wildman–Crippen LogP) is 5.13. The summed E-state index contributed by atoms with van der Waals surface area (Å²) in [7, 11) is 0. The molecule has 2 aromatic carbocycles. The molecule has 0 aromatic heterocycles. The summed E-state index contributed by atoms with van der Waals surface area (Å²) >= 11 is 6.38. The van der Waals surface area contributed by atoms with Crippen molar-refractivity contribution in [3.8, 4) is 12.1 Å². The molecule has 2 aromatic rings. The zero-order valence-electron chi connectivity index (χ0n) is 12.3. The normalized spacial score (nSPS) is 9.50. The quantitative estimate of drug-likeness (QED) is 0.799. The molecule has 0 amide bonds. The van der Waals surface area contributed by atoms with Crippen LogP contribution in [-0.4, -0.2) is 0 Å². The lowest BCUT2D eigenvalue weighted by molar-refractivity contribution is 1.37. The van der Waals surface area contributed by atoms with Crippen LogP contribution in [0.5, 0.6) is 0 Å². The summed E-state index contributed by atoms with van der Waals surface area (Å²) in [5.41, 5.74) is 4.45. The minimum Gasteiger partial charge on any atom is -0.354 e. The van der Waals surface area contributed by atoms with E-state index in [2.05, 4.69) is 5.32 Å². The van der Waals surface area contributed by atoms with Gasteiger partial charge in [-0.05, 0) is 42.7 Å². The minimum absolute atomic E-state index is 0.0568. The van der Waals surface area contributed by atoms with Crippen molar-refractivity contribution in [2.75, 3.05) is 5.32 Å². The molecule has 3 nitrogen and oxygen atoms in total. The fourth-order valence-electron chi connectivity index (χ4n) is 2.05. The number of nitrogens with one attached hydrogen (secondary N) is 1. The number of nitriles is 2. The summed E-state index contributed by atoms with van der Waals surface area (Å²) in [5.74, 6) is 0. The Morgan fingerprint density at radius 1 is 1.05 bits per heavy atom. The van der Waals surface area contributed by atoms with Gasteiger partial charge >= 0.3 is 0 Å². The first-order chi connectivity index (χ1) is 10.6. The number of hydrogen-bond acceptors (Lipinski definition) is 3. The molecule has 0 aliphatic rings. The Labute approximate surface area is 135 Å². The molecule has 0 spiro atoms. The fourth-order valence-corrected chi connectivity index (χ4v) is 2.31. The number of nitrogens with zero attached hydrogens (tertiary/aromatic N) is 2. The van der Waals surface area contributed by atoms with E-state index in [0.29, 0.717) is 5.02 Å². The van der Waals surface area contributed by atoms with Gasteiger partial charge in [-0.1, -0.05) is 41.9 Å². The molecule has 0 aliphatic heterocycles. The first kappa shape index (κ1) is 15.6. The minimum atomic E-state index is 0.0568. The largest absolute Gasteiger partial charge is 0.354 e. The first-order valence-electron chi connectivity index (χ1n) is 6.70. The maximum absolute atomic E-state index is 8.91. The molecule has 0 aliphatic carbocycles. The molecule has 0 unspecified atom stereocenters. The molecule has 22 heavy (non-hydrogen) atoms. The summed E-state index contributed by atoms with van der Waals surface area (Å²) in [6.45, 7) is 3.92. The number of aryl methyl sites for hydroxylation is 2. The van der Waals surface area contributed by atoms with Crippen molar-refractivity contribution >= 4 is 29.1 Å². The third-order valence-corrected chi connectivity index (χ3v) is 3.79. The standard InChI is InChI=1S/C18H14ClN3/c1-12-7-8-13(2)18(17(12)19)22-16-6-4-3-5-15(16)9-14(10-20)11-21/h3-9,22H,1-2H3. The van der Waals surface area contributed by atoms with Crippen LogP contribution < -0.4 is 5.32 Å². The Kier molecular flexibility index (Phi) is 4.84. The van der Waals surface area contributed by atoms with E-state index in [9.17, 15) is 0 Å². The fraction of sp³-hybridized carbons (Fsp3) is 0.111. The summed E-state index contributed by atoms with van der Waals surface area (Å²) in [6, 6.07) is 15.2. The maximum Gasteiger partial charge on any atom is 0.130 e. The molecule has 108 valence electrons. The number of anilines is 2.